The Kier molecular flexibility index (Phi) is 5.05. The second-order valence-corrected chi connectivity index (χ2v) is 5.38. The predicted molar refractivity (Wildman–Crippen MR) is 84.7 cm³/mol. The van der Waals surface area contributed by atoms with E-state index in [1.807, 2.05) is 43.3 Å². The molecule has 1 atom stereocenters. The molecule has 0 aliphatic heterocycles. The number of hydrogen-bond acceptors (Lipinski definition) is 2. The first kappa shape index (κ1) is 14.9. The lowest BCUT2D eigenvalue weighted by atomic mass is 10.1. The van der Waals surface area contributed by atoms with E-state index in [9.17, 15) is 0 Å². The minimum absolute atomic E-state index is 0.0669. The maximum Gasteiger partial charge on any atom is 0.149 e. The van der Waals surface area contributed by atoms with Gasteiger partial charge in [-0.25, -0.2) is 0 Å². The lowest BCUT2D eigenvalue weighted by Crippen LogP contribution is -2.18. The largest absolute Gasteiger partial charge is 0.455 e. The molecule has 2 aromatic carbocycles. The van der Waals surface area contributed by atoms with Gasteiger partial charge in [0.15, 0.2) is 0 Å². The zero-order chi connectivity index (χ0) is 14.5. The molecule has 0 aliphatic carbocycles. The van der Waals surface area contributed by atoms with Crippen LogP contribution in [-0.2, 0) is 12.8 Å². The third-order valence-corrected chi connectivity index (χ3v) is 3.45. The minimum Gasteiger partial charge on any atom is -0.455 e. The van der Waals surface area contributed by atoms with Crippen molar-refractivity contribution in [2.45, 2.75) is 32.7 Å². The Morgan fingerprint density at radius 1 is 1.10 bits per heavy atom. The fraction of sp³-hybridized carbons (Fsp3) is 0.294. The van der Waals surface area contributed by atoms with Crippen molar-refractivity contribution < 1.29 is 4.74 Å². The molecule has 1 unspecified atom stereocenters. The summed E-state index contributed by atoms with van der Waals surface area (Å²) in [5.41, 5.74) is 8.10. The molecule has 2 rings (SSSR count). The molecule has 0 heterocycles. The number of para-hydroxylation sites is 2. The van der Waals surface area contributed by atoms with E-state index in [2.05, 4.69) is 13.0 Å². The van der Waals surface area contributed by atoms with Gasteiger partial charge in [-0.05, 0) is 43.0 Å². The highest BCUT2D eigenvalue weighted by Gasteiger charge is 2.12. The van der Waals surface area contributed by atoms with Crippen LogP contribution in [0.2, 0.25) is 5.02 Å². The summed E-state index contributed by atoms with van der Waals surface area (Å²) in [5.74, 6) is 1.57. The standard InChI is InChI=1S/C17H20ClNO/c1-3-13-7-4-5-10-16(13)20-17-14(11-12(2)19)8-6-9-15(17)18/h4-10,12H,3,11,19H2,1-2H3. The Bertz CT molecular complexity index is 581. The van der Waals surface area contributed by atoms with E-state index >= 15 is 0 Å². The molecule has 0 amide bonds. The first-order chi connectivity index (χ1) is 9.61. The van der Waals surface area contributed by atoms with Gasteiger partial charge in [-0.2, -0.15) is 0 Å². The van der Waals surface area contributed by atoms with Crippen molar-refractivity contribution in [2.75, 3.05) is 0 Å². The topological polar surface area (TPSA) is 35.2 Å². The molecular formula is C17H20ClNO. The van der Waals surface area contributed by atoms with Crippen LogP contribution >= 0.6 is 11.6 Å². The van der Waals surface area contributed by atoms with Crippen molar-refractivity contribution >= 4 is 11.6 Å². The highest BCUT2D eigenvalue weighted by Crippen LogP contribution is 2.35. The smallest absolute Gasteiger partial charge is 0.149 e. The summed E-state index contributed by atoms with van der Waals surface area (Å²) in [5, 5.41) is 0.619. The molecule has 20 heavy (non-hydrogen) atoms. The highest BCUT2D eigenvalue weighted by molar-refractivity contribution is 6.32. The van der Waals surface area contributed by atoms with Gasteiger partial charge in [-0.15, -0.1) is 0 Å². The Labute approximate surface area is 125 Å². The number of hydrogen-bond donors (Lipinski definition) is 1. The summed E-state index contributed by atoms with van der Waals surface area (Å²) >= 11 is 6.29. The molecular weight excluding hydrogens is 270 g/mol. The van der Waals surface area contributed by atoms with E-state index in [4.69, 9.17) is 22.1 Å². The molecule has 2 nitrogen and oxygen atoms in total. The van der Waals surface area contributed by atoms with Gasteiger partial charge in [0, 0.05) is 6.04 Å². The summed E-state index contributed by atoms with van der Waals surface area (Å²) in [7, 11) is 0. The van der Waals surface area contributed by atoms with Crippen molar-refractivity contribution in [1.82, 2.24) is 0 Å². The van der Waals surface area contributed by atoms with Gasteiger partial charge in [-0.3, -0.25) is 0 Å². The first-order valence-electron chi connectivity index (χ1n) is 6.90. The molecule has 0 spiro atoms. The fourth-order valence-corrected chi connectivity index (χ4v) is 2.41. The quantitative estimate of drug-likeness (QED) is 0.874. The summed E-state index contributed by atoms with van der Waals surface area (Å²) in [6, 6.07) is 13.9. The van der Waals surface area contributed by atoms with Gasteiger partial charge in [-0.1, -0.05) is 48.9 Å². The third kappa shape index (κ3) is 3.53. The van der Waals surface area contributed by atoms with Crippen LogP contribution in [-0.4, -0.2) is 6.04 Å². The van der Waals surface area contributed by atoms with E-state index in [1.165, 1.54) is 5.56 Å². The highest BCUT2D eigenvalue weighted by atomic mass is 35.5. The van der Waals surface area contributed by atoms with Gasteiger partial charge in [0.25, 0.3) is 0 Å². The predicted octanol–water partition coefficient (Wildman–Crippen LogP) is 4.58. The zero-order valence-electron chi connectivity index (χ0n) is 11.9. The van der Waals surface area contributed by atoms with Crippen LogP contribution in [0, 0.1) is 0 Å². The first-order valence-corrected chi connectivity index (χ1v) is 7.28. The average Bonchev–Trinajstić information content (AvgIpc) is 2.42. The Morgan fingerprint density at radius 3 is 2.50 bits per heavy atom. The van der Waals surface area contributed by atoms with Gasteiger partial charge in [0.2, 0.25) is 0 Å². The van der Waals surface area contributed by atoms with Crippen molar-refractivity contribution in [3.05, 3.63) is 58.6 Å². The molecule has 0 fully saturated rings. The fourth-order valence-electron chi connectivity index (χ4n) is 2.18. The third-order valence-electron chi connectivity index (χ3n) is 3.16. The summed E-state index contributed by atoms with van der Waals surface area (Å²) in [6.45, 7) is 4.09. The van der Waals surface area contributed by atoms with E-state index in [0.29, 0.717) is 10.8 Å². The second-order valence-electron chi connectivity index (χ2n) is 4.97. The molecule has 0 aromatic heterocycles. The number of aryl methyl sites for hydroxylation is 1. The van der Waals surface area contributed by atoms with Crippen molar-refractivity contribution in [3.8, 4) is 11.5 Å². The molecule has 3 heteroatoms. The lowest BCUT2D eigenvalue weighted by Gasteiger charge is -2.16. The molecule has 106 valence electrons. The van der Waals surface area contributed by atoms with Crippen molar-refractivity contribution in [3.63, 3.8) is 0 Å². The number of nitrogens with two attached hydrogens (primary N) is 1. The molecule has 2 aromatic rings. The molecule has 0 saturated heterocycles. The second kappa shape index (κ2) is 6.78. The van der Waals surface area contributed by atoms with Crippen LogP contribution < -0.4 is 10.5 Å². The average molecular weight is 290 g/mol. The number of ether oxygens (including phenoxy) is 1. The number of halogens is 1. The summed E-state index contributed by atoms with van der Waals surface area (Å²) in [4.78, 5) is 0. The van der Waals surface area contributed by atoms with E-state index in [1.54, 1.807) is 0 Å². The zero-order valence-corrected chi connectivity index (χ0v) is 12.7. The van der Waals surface area contributed by atoms with Crippen LogP contribution in [0.15, 0.2) is 42.5 Å². The summed E-state index contributed by atoms with van der Waals surface area (Å²) < 4.78 is 6.08. The van der Waals surface area contributed by atoms with E-state index in [-0.39, 0.29) is 6.04 Å². The Morgan fingerprint density at radius 2 is 1.80 bits per heavy atom. The SMILES string of the molecule is CCc1ccccc1Oc1c(Cl)cccc1CC(C)N. The molecule has 0 radical (unpaired) electrons. The van der Waals surface area contributed by atoms with Crippen LogP contribution in [0.5, 0.6) is 11.5 Å². The van der Waals surface area contributed by atoms with Crippen molar-refractivity contribution in [1.29, 1.82) is 0 Å². The van der Waals surface area contributed by atoms with Crippen molar-refractivity contribution in [2.24, 2.45) is 5.73 Å². The minimum atomic E-state index is 0.0669. The van der Waals surface area contributed by atoms with Crippen LogP contribution in [0.25, 0.3) is 0 Å². The number of benzene rings is 2. The molecule has 0 bridgehead atoms. The lowest BCUT2D eigenvalue weighted by molar-refractivity contribution is 0.468. The maximum absolute atomic E-state index is 6.29. The van der Waals surface area contributed by atoms with Gasteiger partial charge < -0.3 is 10.5 Å². The molecule has 0 aliphatic rings. The summed E-state index contributed by atoms with van der Waals surface area (Å²) in [6.07, 6.45) is 1.66. The van der Waals surface area contributed by atoms with Crippen LogP contribution in [0.4, 0.5) is 0 Å². The Balaban J connectivity index is 2.37. The van der Waals surface area contributed by atoms with Gasteiger partial charge in [0.05, 0.1) is 5.02 Å². The van der Waals surface area contributed by atoms with Crippen LogP contribution in [0.1, 0.15) is 25.0 Å². The van der Waals surface area contributed by atoms with Crippen LogP contribution in [0.3, 0.4) is 0 Å². The molecule has 2 N–H and O–H groups in total. The monoisotopic (exact) mass is 289 g/mol. The number of rotatable bonds is 5. The van der Waals surface area contributed by atoms with E-state index < -0.39 is 0 Å². The Hall–Kier alpha value is -1.51. The molecule has 0 saturated carbocycles. The van der Waals surface area contributed by atoms with E-state index in [0.717, 1.165) is 24.2 Å². The van der Waals surface area contributed by atoms with Gasteiger partial charge >= 0.3 is 0 Å². The van der Waals surface area contributed by atoms with Gasteiger partial charge in [0.1, 0.15) is 11.5 Å². The maximum atomic E-state index is 6.29. The normalized spacial score (nSPS) is 12.2.